The normalized spacial score (nSPS) is 14.4. The molecule has 0 atom stereocenters. The summed E-state index contributed by atoms with van der Waals surface area (Å²) < 4.78 is 7.92. The molecule has 112 valence electrons. The van der Waals surface area contributed by atoms with E-state index in [4.69, 9.17) is 4.42 Å². The van der Waals surface area contributed by atoms with Crippen molar-refractivity contribution in [3.8, 4) is 11.5 Å². The topological polar surface area (TPSA) is 69.6 Å². The molecule has 0 N–H and O–H groups in total. The summed E-state index contributed by atoms with van der Waals surface area (Å²) in [6, 6.07) is 10.3. The number of aryl methyl sites for hydroxylation is 1. The van der Waals surface area contributed by atoms with Crippen molar-refractivity contribution in [2.75, 3.05) is 0 Å². The summed E-state index contributed by atoms with van der Waals surface area (Å²) >= 11 is 1.59. The predicted octanol–water partition coefficient (Wildman–Crippen LogP) is 3.26. The van der Waals surface area contributed by atoms with Gasteiger partial charge in [-0.15, -0.1) is 20.4 Å². The fourth-order valence-electron chi connectivity index (χ4n) is 2.34. The molecular weight excluding hydrogens is 298 g/mol. The second kappa shape index (κ2) is 5.57. The van der Waals surface area contributed by atoms with Crippen LogP contribution in [0.1, 0.15) is 30.6 Å². The summed E-state index contributed by atoms with van der Waals surface area (Å²) in [6.07, 6.45) is 2.43. The quantitative estimate of drug-likeness (QED) is 0.673. The fourth-order valence-corrected chi connectivity index (χ4v) is 3.23. The lowest BCUT2D eigenvalue weighted by molar-refractivity contribution is 0.528. The standard InChI is InChI=1S/C15H15N5OS/c1-10-16-19-15(20(10)12-7-8-12)22-9-13-17-18-14(21-13)11-5-3-2-4-6-11/h2-6,12H,7-9H2,1H3. The van der Waals surface area contributed by atoms with E-state index in [1.807, 2.05) is 37.3 Å². The van der Waals surface area contributed by atoms with E-state index in [9.17, 15) is 0 Å². The third-order valence-corrected chi connectivity index (χ3v) is 4.49. The lowest BCUT2D eigenvalue weighted by Crippen LogP contribution is -1.99. The number of hydrogen-bond donors (Lipinski definition) is 0. The van der Waals surface area contributed by atoms with Gasteiger partial charge in [0.15, 0.2) is 5.16 Å². The van der Waals surface area contributed by atoms with E-state index in [1.165, 1.54) is 12.8 Å². The van der Waals surface area contributed by atoms with Crippen molar-refractivity contribution in [1.29, 1.82) is 0 Å². The Kier molecular flexibility index (Phi) is 3.42. The van der Waals surface area contributed by atoms with Gasteiger partial charge in [0.25, 0.3) is 0 Å². The zero-order chi connectivity index (χ0) is 14.9. The third-order valence-electron chi connectivity index (χ3n) is 3.56. The van der Waals surface area contributed by atoms with Crippen LogP contribution in [0.5, 0.6) is 0 Å². The van der Waals surface area contributed by atoms with Crippen LogP contribution < -0.4 is 0 Å². The van der Waals surface area contributed by atoms with E-state index in [0.717, 1.165) is 16.5 Å². The summed E-state index contributed by atoms with van der Waals surface area (Å²) in [6.45, 7) is 2.00. The lowest BCUT2D eigenvalue weighted by atomic mass is 10.2. The van der Waals surface area contributed by atoms with Crippen LogP contribution in [-0.2, 0) is 5.75 Å². The van der Waals surface area contributed by atoms with Gasteiger partial charge >= 0.3 is 0 Å². The minimum absolute atomic E-state index is 0.552. The zero-order valence-electron chi connectivity index (χ0n) is 12.1. The van der Waals surface area contributed by atoms with Crippen LogP contribution in [0.15, 0.2) is 39.9 Å². The van der Waals surface area contributed by atoms with E-state index < -0.39 is 0 Å². The molecule has 0 bridgehead atoms. The molecule has 2 heterocycles. The minimum atomic E-state index is 0.552. The highest BCUT2D eigenvalue weighted by Crippen LogP contribution is 2.39. The van der Waals surface area contributed by atoms with Gasteiger partial charge in [0.1, 0.15) is 5.82 Å². The molecule has 1 saturated carbocycles. The van der Waals surface area contributed by atoms with Crippen LogP contribution in [0.25, 0.3) is 11.5 Å². The van der Waals surface area contributed by atoms with Crippen molar-refractivity contribution in [3.63, 3.8) is 0 Å². The SMILES string of the molecule is Cc1nnc(SCc2nnc(-c3ccccc3)o2)n1C1CC1. The molecule has 1 aromatic carbocycles. The summed E-state index contributed by atoms with van der Waals surface area (Å²) in [5, 5.41) is 17.6. The Morgan fingerprint density at radius 1 is 1.14 bits per heavy atom. The first-order chi connectivity index (χ1) is 10.8. The molecule has 0 unspecified atom stereocenters. The van der Waals surface area contributed by atoms with Crippen LogP contribution in [0.2, 0.25) is 0 Å². The molecule has 1 aliphatic carbocycles. The molecule has 6 nitrogen and oxygen atoms in total. The van der Waals surface area contributed by atoms with Crippen LogP contribution in [0, 0.1) is 6.92 Å². The first kappa shape index (κ1) is 13.5. The van der Waals surface area contributed by atoms with Crippen molar-refractivity contribution in [1.82, 2.24) is 25.0 Å². The smallest absolute Gasteiger partial charge is 0.247 e. The van der Waals surface area contributed by atoms with Gasteiger partial charge in [0, 0.05) is 11.6 Å². The van der Waals surface area contributed by atoms with E-state index in [2.05, 4.69) is 25.0 Å². The largest absolute Gasteiger partial charge is 0.420 e. The van der Waals surface area contributed by atoms with Gasteiger partial charge in [-0.1, -0.05) is 30.0 Å². The van der Waals surface area contributed by atoms with Crippen LogP contribution in [0.3, 0.4) is 0 Å². The van der Waals surface area contributed by atoms with Crippen molar-refractivity contribution in [3.05, 3.63) is 42.0 Å². The molecule has 0 amide bonds. The monoisotopic (exact) mass is 313 g/mol. The summed E-state index contributed by atoms with van der Waals surface area (Å²) in [5.74, 6) is 2.73. The number of aromatic nitrogens is 5. The van der Waals surface area contributed by atoms with Crippen molar-refractivity contribution >= 4 is 11.8 Å². The van der Waals surface area contributed by atoms with Crippen molar-refractivity contribution < 1.29 is 4.42 Å². The molecule has 0 saturated heterocycles. The number of benzene rings is 1. The molecule has 4 rings (SSSR count). The molecule has 0 spiro atoms. The number of hydrogen-bond acceptors (Lipinski definition) is 6. The first-order valence-corrected chi connectivity index (χ1v) is 8.22. The highest BCUT2D eigenvalue weighted by molar-refractivity contribution is 7.98. The van der Waals surface area contributed by atoms with Crippen LogP contribution in [0.4, 0.5) is 0 Å². The van der Waals surface area contributed by atoms with Gasteiger partial charge in [0.05, 0.1) is 5.75 Å². The van der Waals surface area contributed by atoms with Crippen molar-refractivity contribution in [2.45, 2.75) is 36.7 Å². The Bertz CT molecular complexity index is 778. The molecule has 0 radical (unpaired) electrons. The van der Waals surface area contributed by atoms with Gasteiger partial charge in [-0.3, -0.25) is 0 Å². The summed E-state index contributed by atoms with van der Waals surface area (Å²) in [4.78, 5) is 0. The van der Waals surface area contributed by atoms with Crippen molar-refractivity contribution in [2.24, 2.45) is 0 Å². The van der Waals surface area contributed by atoms with Gasteiger partial charge < -0.3 is 8.98 Å². The molecule has 0 aliphatic heterocycles. The highest BCUT2D eigenvalue weighted by atomic mass is 32.2. The molecular formula is C15H15N5OS. The molecule has 22 heavy (non-hydrogen) atoms. The Balaban J connectivity index is 1.48. The first-order valence-electron chi connectivity index (χ1n) is 7.23. The zero-order valence-corrected chi connectivity index (χ0v) is 13.0. The highest BCUT2D eigenvalue weighted by Gasteiger charge is 2.28. The van der Waals surface area contributed by atoms with E-state index >= 15 is 0 Å². The number of thioether (sulfide) groups is 1. The summed E-state index contributed by atoms with van der Waals surface area (Å²) in [7, 11) is 0. The van der Waals surface area contributed by atoms with E-state index in [0.29, 0.717) is 23.6 Å². The maximum absolute atomic E-state index is 5.71. The fraction of sp³-hybridized carbons (Fsp3) is 0.333. The van der Waals surface area contributed by atoms with Gasteiger partial charge in [-0.25, -0.2) is 0 Å². The number of rotatable bonds is 5. The molecule has 2 aromatic heterocycles. The molecule has 1 fully saturated rings. The van der Waals surface area contributed by atoms with Gasteiger partial charge in [-0.2, -0.15) is 0 Å². The third kappa shape index (κ3) is 2.64. The second-order valence-corrected chi connectivity index (χ2v) is 6.23. The van der Waals surface area contributed by atoms with Gasteiger partial charge in [-0.05, 0) is 31.9 Å². The van der Waals surface area contributed by atoms with E-state index in [-0.39, 0.29) is 0 Å². The molecule has 7 heteroatoms. The Morgan fingerprint density at radius 2 is 1.95 bits per heavy atom. The van der Waals surface area contributed by atoms with E-state index in [1.54, 1.807) is 11.8 Å². The second-order valence-electron chi connectivity index (χ2n) is 5.29. The molecule has 1 aliphatic rings. The lowest BCUT2D eigenvalue weighted by Gasteiger charge is -2.04. The maximum Gasteiger partial charge on any atom is 0.247 e. The van der Waals surface area contributed by atoms with Crippen LogP contribution in [-0.4, -0.2) is 25.0 Å². The Morgan fingerprint density at radius 3 is 2.73 bits per heavy atom. The maximum atomic E-state index is 5.71. The average molecular weight is 313 g/mol. The molecule has 3 aromatic rings. The van der Waals surface area contributed by atoms with Gasteiger partial charge in [0.2, 0.25) is 11.8 Å². The number of nitrogens with zero attached hydrogens (tertiary/aromatic N) is 5. The Labute approximate surface area is 132 Å². The summed E-state index contributed by atoms with van der Waals surface area (Å²) in [5.41, 5.74) is 0.934. The average Bonchev–Trinajstić information content (AvgIpc) is 3.15. The Hall–Kier alpha value is -2.15. The predicted molar refractivity (Wildman–Crippen MR) is 82.3 cm³/mol. The minimum Gasteiger partial charge on any atom is -0.420 e. The van der Waals surface area contributed by atoms with Crippen LogP contribution >= 0.6 is 11.8 Å².